The average molecular weight is 351 g/mol. The van der Waals surface area contributed by atoms with E-state index in [1.54, 1.807) is 35.2 Å². The molecule has 2 aliphatic heterocycles. The first-order valence-corrected chi connectivity index (χ1v) is 8.37. The highest BCUT2D eigenvalue weighted by atomic mass is 16.6. The number of benzene rings is 2. The maximum absolute atomic E-state index is 13.3. The van der Waals surface area contributed by atoms with E-state index in [2.05, 4.69) is 0 Å². The van der Waals surface area contributed by atoms with Crippen LogP contribution in [0.1, 0.15) is 29.3 Å². The molecule has 2 atom stereocenters. The molecule has 0 aromatic heterocycles. The molecule has 0 radical (unpaired) electrons. The minimum Gasteiger partial charge on any atom is -0.296 e. The molecule has 2 aliphatic rings. The molecule has 0 saturated carbocycles. The lowest BCUT2D eigenvalue weighted by atomic mass is 9.90. The highest BCUT2D eigenvalue weighted by molar-refractivity contribution is 6.10. The monoisotopic (exact) mass is 351 g/mol. The summed E-state index contributed by atoms with van der Waals surface area (Å²) >= 11 is 0. The van der Waals surface area contributed by atoms with Gasteiger partial charge in [0.2, 0.25) is 0 Å². The van der Waals surface area contributed by atoms with Crippen LogP contribution in [0.4, 0.5) is 11.4 Å². The van der Waals surface area contributed by atoms with Crippen molar-refractivity contribution in [2.45, 2.75) is 18.9 Å². The lowest BCUT2D eigenvalue weighted by molar-refractivity contribution is -0.384. The molecule has 2 aromatic rings. The molecule has 0 N–H and O–H groups in total. The Kier molecular flexibility index (Phi) is 3.62. The first-order chi connectivity index (χ1) is 12.4. The van der Waals surface area contributed by atoms with Gasteiger partial charge in [-0.3, -0.25) is 29.5 Å². The Balaban J connectivity index is 1.81. The van der Waals surface area contributed by atoms with E-state index in [9.17, 15) is 19.7 Å². The number of nitro benzene ring substituents is 1. The van der Waals surface area contributed by atoms with Crippen LogP contribution < -0.4 is 4.90 Å². The van der Waals surface area contributed by atoms with Crippen molar-refractivity contribution in [2.75, 3.05) is 18.1 Å². The smallest absolute Gasteiger partial charge is 0.269 e. The van der Waals surface area contributed by atoms with Crippen LogP contribution in [0, 0.1) is 10.1 Å². The average Bonchev–Trinajstić information content (AvgIpc) is 2.91. The van der Waals surface area contributed by atoms with E-state index >= 15 is 0 Å². The fourth-order valence-corrected chi connectivity index (χ4v) is 3.78. The number of rotatable bonds is 2. The molecule has 1 amide bonds. The molecule has 0 spiro atoms. The van der Waals surface area contributed by atoms with Gasteiger partial charge >= 0.3 is 0 Å². The van der Waals surface area contributed by atoms with Crippen LogP contribution in [0.25, 0.3) is 0 Å². The van der Waals surface area contributed by atoms with Crippen LogP contribution in [-0.4, -0.2) is 34.7 Å². The summed E-state index contributed by atoms with van der Waals surface area (Å²) < 4.78 is 0. The number of fused-ring (bicyclic) bond motifs is 4. The molecule has 1 fully saturated rings. The number of para-hydroxylation sites is 1. The quantitative estimate of drug-likeness (QED) is 0.613. The van der Waals surface area contributed by atoms with Gasteiger partial charge in [-0.15, -0.1) is 0 Å². The normalized spacial score (nSPS) is 24.8. The van der Waals surface area contributed by atoms with E-state index in [-0.39, 0.29) is 17.4 Å². The Hall–Kier alpha value is -3.06. The van der Waals surface area contributed by atoms with Crippen LogP contribution >= 0.6 is 0 Å². The number of Topliss-reactive ketones (excluding diaryl/α,β-unsaturated/α-hetero) is 1. The summed E-state index contributed by atoms with van der Waals surface area (Å²) in [6, 6.07) is 13.2. The standard InChI is InChI=1S/C19H17N3O4/c1-19(13-6-8-14(9-7-13)22(25)26)18(24)21-12-20(19)11-10-17(23)15-4-2-3-5-16(15)21/h2-9H,10-12H2,1H3/t19-/m1/s1. The molecular weight excluding hydrogens is 334 g/mol. The Morgan fingerprint density at radius 3 is 2.46 bits per heavy atom. The minimum atomic E-state index is -0.965. The molecule has 2 aromatic carbocycles. The maximum atomic E-state index is 13.3. The first-order valence-electron chi connectivity index (χ1n) is 8.37. The second kappa shape index (κ2) is 5.74. The number of nitrogens with zero attached hydrogens (tertiary/aromatic N) is 3. The summed E-state index contributed by atoms with van der Waals surface area (Å²) in [6.45, 7) is 2.65. The van der Waals surface area contributed by atoms with Gasteiger partial charge in [-0.25, -0.2) is 0 Å². The van der Waals surface area contributed by atoms with Gasteiger partial charge in [0.25, 0.3) is 11.6 Å². The number of carbonyl (C=O) groups excluding carboxylic acids is 2. The van der Waals surface area contributed by atoms with Crippen molar-refractivity contribution >= 4 is 23.1 Å². The van der Waals surface area contributed by atoms with Crippen LogP contribution in [0.5, 0.6) is 0 Å². The molecule has 7 nitrogen and oxygen atoms in total. The Labute approximate surface area is 150 Å². The summed E-state index contributed by atoms with van der Waals surface area (Å²) in [5, 5.41) is 10.9. The van der Waals surface area contributed by atoms with Gasteiger partial charge < -0.3 is 0 Å². The van der Waals surface area contributed by atoms with E-state index in [0.29, 0.717) is 36.4 Å². The number of nitro groups is 1. The zero-order chi connectivity index (χ0) is 18.5. The van der Waals surface area contributed by atoms with Crippen LogP contribution in [0.3, 0.4) is 0 Å². The number of ketones is 1. The molecule has 132 valence electrons. The third-order valence-corrected chi connectivity index (χ3v) is 5.35. The number of hydrogen-bond donors (Lipinski definition) is 0. The Bertz CT molecular complexity index is 925. The lowest BCUT2D eigenvalue weighted by Gasteiger charge is -2.32. The zero-order valence-corrected chi connectivity index (χ0v) is 14.2. The second-order valence-corrected chi connectivity index (χ2v) is 6.70. The van der Waals surface area contributed by atoms with Crippen molar-refractivity contribution in [2.24, 2.45) is 0 Å². The van der Waals surface area contributed by atoms with E-state index < -0.39 is 10.5 Å². The van der Waals surface area contributed by atoms with Crippen LogP contribution in [0.15, 0.2) is 48.5 Å². The summed E-state index contributed by atoms with van der Waals surface area (Å²) in [4.78, 5) is 39.9. The Morgan fingerprint density at radius 1 is 1.08 bits per heavy atom. The van der Waals surface area contributed by atoms with Crippen molar-refractivity contribution in [1.29, 1.82) is 0 Å². The van der Waals surface area contributed by atoms with Crippen molar-refractivity contribution in [3.8, 4) is 0 Å². The van der Waals surface area contributed by atoms with Crippen molar-refractivity contribution in [1.82, 2.24) is 4.90 Å². The highest BCUT2D eigenvalue weighted by Crippen LogP contribution is 2.41. The SMILES string of the molecule is C[C@@]1(c2ccc([N+](=O)[O-])cc2)C(=O)N2CN1CCC(=O)c1ccccc12. The summed E-state index contributed by atoms with van der Waals surface area (Å²) in [6.07, 6.45) is 0.320. The minimum absolute atomic E-state index is 0.0102. The topological polar surface area (TPSA) is 83.8 Å². The van der Waals surface area contributed by atoms with Gasteiger partial charge in [0.1, 0.15) is 5.54 Å². The highest BCUT2D eigenvalue weighted by Gasteiger charge is 2.51. The molecule has 26 heavy (non-hydrogen) atoms. The fraction of sp³-hybridized carbons (Fsp3) is 0.263. The van der Waals surface area contributed by atoms with Gasteiger partial charge in [0.15, 0.2) is 5.78 Å². The summed E-state index contributed by atoms with van der Waals surface area (Å²) in [5.41, 5.74) is 0.886. The number of carbonyl (C=O) groups is 2. The molecule has 2 bridgehead atoms. The van der Waals surface area contributed by atoms with Gasteiger partial charge in [-0.2, -0.15) is 0 Å². The summed E-state index contributed by atoms with van der Waals surface area (Å²) in [7, 11) is 0. The molecule has 0 aliphatic carbocycles. The second-order valence-electron chi connectivity index (χ2n) is 6.70. The number of anilines is 1. The molecule has 4 rings (SSSR count). The zero-order valence-electron chi connectivity index (χ0n) is 14.2. The molecular formula is C19H17N3O4. The number of hydrogen-bond acceptors (Lipinski definition) is 5. The number of amides is 1. The molecule has 2 heterocycles. The van der Waals surface area contributed by atoms with Gasteiger partial charge in [-0.1, -0.05) is 12.1 Å². The van der Waals surface area contributed by atoms with Crippen molar-refractivity contribution in [3.63, 3.8) is 0 Å². The van der Waals surface area contributed by atoms with E-state index in [0.717, 1.165) is 0 Å². The van der Waals surface area contributed by atoms with Crippen molar-refractivity contribution in [3.05, 3.63) is 69.8 Å². The lowest BCUT2D eigenvalue weighted by Crippen LogP contribution is -2.44. The Morgan fingerprint density at radius 2 is 1.77 bits per heavy atom. The third kappa shape index (κ3) is 2.24. The largest absolute Gasteiger partial charge is 0.296 e. The fourth-order valence-electron chi connectivity index (χ4n) is 3.78. The van der Waals surface area contributed by atoms with Gasteiger partial charge in [0.05, 0.1) is 17.3 Å². The summed E-state index contributed by atoms with van der Waals surface area (Å²) in [5.74, 6) is -0.121. The van der Waals surface area contributed by atoms with Crippen molar-refractivity contribution < 1.29 is 14.5 Å². The molecule has 1 saturated heterocycles. The van der Waals surface area contributed by atoms with Crippen LogP contribution in [0.2, 0.25) is 0 Å². The van der Waals surface area contributed by atoms with Gasteiger partial charge in [-0.05, 0) is 36.8 Å². The third-order valence-electron chi connectivity index (χ3n) is 5.35. The van der Waals surface area contributed by atoms with E-state index in [4.69, 9.17) is 0 Å². The molecule has 1 unspecified atom stereocenters. The van der Waals surface area contributed by atoms with E-state index in [1.165, 1.54) is 12.1 Å². The predicted molar refractivity (Wildman–Crippen MR) is 94.9 cm³/mol. The van der Waals surface area contributed by atoms with Gasteiger partial charge in [0, 0.05) is 30.7 Å². The van der Waals surface area contributed by atoms with Crippen LogP contribution in [-0.2, 0) is 10.3 Å². The van der Waals surface area contributed by atoms with E-state index in [1.807, 2.05) is 17.9 Å². The predicted octanol–water partition coefficient (Wildman–Crippen LogP) is 2.70. The molecule has 7 heteroatoms. The maximum Gasteiger partial charge on any atom is 0.269 e. The first kappa shape index (κ1) is 16.4. The number of non-ortho nitro benzene ring substituents is 1.